The molecule has 0 bridgehead atoms. The lowest BCUT2D eigenvalue weighted by atomic mass is 10.3. The molecule has 122 valence electrons. The molecule has 22 heavy (non-hydrogen) atoms. The Bertz CT molecular complexity index is 642. The Morgan fingerprint density at radius 3 is 2.68 bits per heavy atom. The van der Waals surface area contributed by atoms with E-state index in [2.05, 4.69) is 5.32 Å². The third kappa shape index (κ3) is 3.82. The van der Waals surface area contributed by atoms with Gasteiger partial charge in [-0.15, -0.1) is 0 Å². The molecule has 0 aromatic heterocycles. The minimum Gasteiger partial charge on any atom is -0.379 e. The number of halogens is 1. The second-order valence-electron chi connectivity index (χ2n) is 4.96. The van der Waals surface area contributed by atoms with Crippen molar-refractivity contribution in [3.63, 3.8) is 0 Å². The van der Waals surface area contributed by atoms with E-state index in [1.54, 1.807) is 0 Å². The summed E-state index contributed by atoms with van der Waals surface area (Å²) in [6.45, 7) is 2.81. The summed E-state index contributed by atoms with van der Waals surface area (Å²) >= 11 is 0. The Balaban J connectivity index is 2.27. The molecule has 0 radical (unpaired) electrons. The van der Waals surface area contributed by atoms with E-state index < -0.39 is 20.7 Å². The predicted molar refractivity (Wildman–Crippen MR) is 79.5 cm³/mol. The van der Waals surface area contributed by atoms with Crippen LogP contribution in [0.2, 0.25) is 0 Å². The number of nitrogens with zero attached hydrogens (tertiary/aromatic N) is 1. The van der Waals surface area contributed by atoms with Crippen LogP contribution in [-0.4, -0.2) is 44.9 Å². The van der Waals surface area contributed by atoms with Crippen LogP contribution in [0.25, 0.3) is 0 Å². The molecule has 1 N–H and O–H groups in total. The van der Waals surface area contributed by atoms with Crippen molar-refractivity contribution in [2.45, 2.75) is 24.7 Å². The van der Waals surface area contributed by atoms with Crippen molar-refractivity contribution in [2.24, 2.45) is 0 Å². The molecule has 0 spiro atoms. The maximum absolute atomic E-state index is 14.0. The molecule has 1 fully saturated rings. The van der Waals surface area contributed by atoms with E-state index in [9.17, 15) is 17.6 Å². The lowest BCUT2D eigenvalue weighted by Gasteiger charge is -2.26. The van der Waals surface area contributed by atoms with Gasteiger partial charge in [0, 0.05) is 25.2 Å². The van der Waals surface area contributed by atoms with E-state index in [1.165, 1.54) is 10.4 Å². The highest BCUT2D eigenvalue weighted by molar-refractivity contribution is 7.89. The van der Waals surface area contributed by atoms with Crippen molar-refractivity contribution in [2.75, 3.05) is 31.6 Å². The van der Waals surface area contributed by atoms with Crippen LogP contribution in [-0.2, 0) is 19.6 Å². The van der Waals surface area contributed by atoms with E-state index >= 15 is 0 Å². The number of anilines is 1. The molecule has 1 aromatic rings. The molecule has 0 aliphatic carbocycles. The molecule has 0 unspecified atom stereocenters. The van der Waals surface area contributed by atoms with E-state index in [0.29, 0.717) is 12.8 Å². The molecule has 1 aliphatic heterocycles. The monoisotopic (exact) mass is 330 g/mol. The van der Waals surface area contributed by atoms with Gasteiger partial charge < -0.3 is 10.1 Å². The molecule has 1 aromatic carbocycles. The first-order valence-corrected chi connectivity index (χ1v) is 8.56. The van der Waals surface area contributed by atoms with E-state index in [0.717, 1.165) is 12.1 Å². The summed E-state index contributed by atoms with van der Waals surface area (Å²) < 4.78 is 45.2. The highest BCUT2D eigenvalue weighted by atomic mass is 32.2. The molecule has 8 heteroatoms. The van der Waals surface area contributed by atoms with Gasteiger partial charge in [0.25, 0.3) is 0 Å². The lowest BCUT2D eigenvalue weighted by molar-refractivity contribution is -0.116. The smallest absolute Gasteiger partial charge is 0.246 e. The van der Waals surface area contributed by atoms with Crippen LogP contribution in [0.3, 0.4) is 0 Å². The molecule has 0 atom stereocenters. The van der Waals surface area contributed by atoms with Crippen LogP contribution in [0, 0.1) is 5.82 Å². The van der Waals surface area contributed by atoms with Crippen molar-refractivity contribution >= 4 is 21.6 Å². The normalized spacial score (nSPS) is 16.5. The molecular weight excluding hydrogens is 311 g/mol. The number of amides is 1. The summed E-state index contributed by atoms with van der Waals surface area (Å²) in [4.78, 5) is 11.2. The van der Waals surface area contributed by atoms with E-state index in [4.69, 9.17) is 4.74 Å². The van der Waals surface area contributed by atoms with E-state index in [-0.39, 0.29) is 37.9 Å². The van der Waals surface area contributed by atoms with Gasteiger partial charge in [-0.1, -0.05) is 6.92 Å². The van der Waals surface area contributed by atoms with Gasteiger partial charge in [0.15, 0.2) is 0 Å². The number of benzene rings is 1. The number of ether oxygens (including phenoxy) is 1. The van der Waals surface area contributed by atoms with Crippen LogP contribution in [0.4, 0.5) is 10.1 Å². The maximum Gasteiger partial charge on any atom is 0.246 e. The van der Waals surface area contributed by atoms with Crippen LogP contribution in [0.15, 0.2) is 23.1 Å². The maximum atomic E-state index is 14.0. The first kappa shape index (κ1) is 16.9. The standard InChI is InChI=1S/C14H19FN2O4S/c1-2-3-14(18)16-11-4-5-12(15)13(10-11)22(19,20)17-6-8-21-9-7-17/h4-5,10H,2-3,6-9H2,1H3,(H,16,18). The zero-order valence-electron chi connectivity index (χ0n) is 12.3. The van der Waals surface area contributed by atoms with Gasteiger partial charge in [0.1, 0.15) is 10.7 Å². The summed E-state index contributed by atoms with van der Waals surface area (Å²) in [5.74, 6) is -1.07. The Kier molecular flexibility index (Phi) is 5.49. The Labute approximate surface area is 129 Å². The van der Waals surface area contributed by atoms with Crippen molar-refractivity contribution in [1.82, 2.24) is 4.31 Å². The van der Waals surface area contributed by atoms with Crippen molar-refractivity contribution in [3.05, 3.63) is 24.0 Å². The van der Waals surface area contributed by atoms with Gasteiger partial charge >= 0.3 is 0 Å². The van der Waals surface area contributed by atoms with Gasteiger partial charge in [-0.05, 0) is 24.6 Å². The van der Waals surface area contributed by atoms with Crippen molar-refractivity contribution < 1.29 is 22.3 Å². The Hall–Kier alpha value is -1.51. The molecule has 1 heterocycles. The van der Waals surface area contributed by atoms with Gasteiger partial charge in [-0.3, -0.25) is 4.79 Å². The average molecular weight is 330 g/mol. The Morgan fingerprint density at radius 2 is 2.05 bits per heavy atom. The topological polar surface area (TPSA) is 75.7 Å². The van der Waals surface area contributed by atoms with Crippen LogP contribution in [0.5, 0.6) is 0 Å². The Morgan fingerprint density at radius 1 is 1.36 bits per heavy atom. The van der Waals surface area contributed by atoms with Crippen molar-refractivity contribution in [1.29, 1.82) is 0 Å². The first-order chi connectivity index (χ1) is 10.4. The number of hydrogen-bond donors (Lipinski definition) is 1. The summed E-state index contributed by atoms with van der Waals surface area (Å²) in [6, 6.07) is 3.56. The molecule has 0 saturated carbocycles. The summed E-state index contributed by atoms with van der Waals surface area (Å²) in [7, 11) is -3.94. The quantitative estimate of drug-likeness (QED) is 0.889. The fraction of sp³-hybridized carbons (Fsp3) is 0.500. The summed E-state index contributed by atoms with van der Waals surface area (Å²) in [5, 5.41) is 2.57. The second-order valence-corrected chi connectivity index (χ2v) is 6.87. The van der Waals surface area contributed by atoms with Gasteiger partial charge in [0.05, 0.1) is 13.2 Å². The largest absolute Gasteiger partial charge is 0.379 e. The third-order valence-electron chi connectivity index (χ3n) is 3.28. The highest BCUT2D eigenvalue weighted by Gasteiger charge is 2.29. The highest BCUT2D eigenvalue weighted by Crippen LogP contribution is 2.24. The first-order valence-electron chi connectivity index (χ1n) is 7.12. The molecule has 6 nitrogen and oxygen atoms in total. The third-order valence-corrected chi connectivity index (χ3v) is 5.19. The number of hydrogen-bond acceptors (Lipinski definition) is 4. The number of carbonyl (C=O) groups is 1. The molecule has 1 saturated heterocycles. The fourth-order valence-electron chi connectivity index (χ4n) is 2.16. The van der Waals surface area contributed by atoms with Gasteiger partial charge in [-0.2, -0.15) is 4.31 Å². The molecule has 2 rings (SSSR count). The lowest BCUT2D eigenvalue weighted by Crippen LogP contribution is -2.40. The average Bonchev–Trinajstić information content (AvgIpc) is 2.50. The van der Waals surface area contributed by atoms with Gasteiger partial charge in [0.2, 0.25) is 15.9 Å². The summed E-state index contributed by atoms with van der Waals surface area (Å²) in [6.07, 6.45) is 0.995. The predicted octanol–water partition coefficient (Wildman–Crippen LogP) is 1.59. The number of carbonyl (C=O) groups excluding carboxylic acids is 1. The second kappa shape index (κ2) is 7.17. The van der Waals surface area contributed by atoms with Crippen LogP contribution < -0.4 is 5.32 Å². The number of morpholine rings is 1. The summed E-state index contributed by atoms with van der Waals surface area (Å²) in [5.41, 5.74) is 0.270. The van der Waals surface area contributed by atoms with Crippen LogP contribution in [0.1, 0.15) is 19.8 Å². The molecule has 1 aliphatic rings. The zero-order chi connectivity index (χ0) is 16.2. The van der Waals surface area contributed by atoms with Crippen molar-refractivity contribution in [3.8, 4) is 0 Å². The number of rotatable bonds is 5. The zero-order valence-corrected chi connectivity index (χ0v) is 13.2. The number of nitrogens with one attached hydrogen (secondary N) is 1. The SMILES string of the molecule is CCCC(=O)Nc1ccc(F)c(S(=O)(=O)N2CCOCC2)c1. The molecule has 1 amide bonds. The van der Waals surface area contributed by atoms with Gasteiger partial charge in [-0.25, -0.2) is 12.8 Å². The van der Waals surface area contributed by atoms with E-state index in [1.807, 2.05) is 6.92 Å². The van der Waals surface area contributed by atoms with Crippen LogP contribution >= 0.6 is 0 Å². The minimum atomic E-state index is -3.94. The number of sulfonamides is 1. The molecular formula is C14H19FN2O4S. The minimum absolute atomic E-state index is 0.189. The fourth-order valence-corrected chi connectivity index (χ4v) is 3.65.